The smallest absolute Gasteiger partial charge is 0.337 e. The average molecular weight is 592 g/mol. The Balaban J connectivity index is 1.72. The zero-order chi connectivity index (χ0) is 28.5. The number of rotatable bonds is 9. The van der Waals surface area contributed by atoms with Crippen molar-refractivity contribution in [3.63, 3.8) is 0 Å². The Morgan fingerprint density at radius 3 is 2.33 bits per heavy atom. The summed E-state index contributed by atoms with van der Waals surface area (Å²) in [7, 11) is 2.71. The molecule has 200 valence electrons. The number of carbonyl (C=O) groups is 3. The SMILES string of the molecule is COC(=O)c1ccc(NC(=O)/C(C#N)=C\c2cc(Br)c(OCC(=O)Nc3ccc(C)cc3C)c(OC)c2)cc1. The molecule has 3 rings (SSSR count). The van der Waals surface area contributed by atoms with Gasteiger partial charge in [-0.05, 0) is 89.4 Å². The van der Waals surface area contributed by atoms with E-state index < -0.39 is 11.9 Å². The largest absolute Gasteiger partial charge is 0.493 e. The van der Waals surface area contributed by atoms with Gasteiger partial charge in [0, 0.05) is 11.4 Å². The second-order valence-electron chi connectivity index (χ2n) is 8.38. The molecule has 2 amide bonds. The third-order valence-electron chi connectivity index (χ3n) is 5.50. The lowest BCUT2D eigenvalue weighted by molar-refractivity contribution is -0.118. The Bertz CT molecular complexity index is 1480. The highest BCUT2D eigenvalue weighted by molar-refractivity contribution is 9.10. The third kappa shape index (κ3) is 7.69. The van der Waals surface area contributed by atoms with Gasteiger partial charge in [-0.25, -0.2) is 4.79 Å². The molecule has 0 bridgehead atoms. The van der Waals surface area contributed by atoms with Crippen molar-refractivity contribution in [3.05, 3.63) is 86.9 Å². The molecule has 3 aromatic rings. The van der Waals surface area contributed by atoms with Crippen LogP contribution in [-0.4, -0.2) is 38.6 Å². The van der Waals surface area contributed by atoms with Crippen molar-refractivity contribution in [1.29, 1.82) is 5.26 Å². The minimum atomic E-state index is -0.637. The Morgan fingerprint density at radius 1 is 1.00 bits per heavy atom. The highest BCUT2D eigenvalue weighted by Gasteiger charge is 2.16. The molecule has 2 N–H and O–H groups in total. The predicted octanol–water partition coefficient (Wildman–Crippen LogP) is 5.42. The van der Waals surface area contributed by atoms with Crippen molar-refractivity contribution in [1.82, 2.24) is 0 Å². The van der Waals surface area contributed by atoms with E-state index in [9.17, 15) is 19.6 Å². The van der Waals surface area contributed by atoms with E-state index in [1.54, 1.807) is 12.1 Å². The minimum Gasteiger partial charge on any atom is -0.493 e. The zero-order valence-corrected chi connectivity index (χ0v) is 23.3. The summed E-state index contributed by atoms with van der Waals surface area (Å²) in [6.45, 7) is 3.62. The number of nitriles is 1. The molecule has 0 radical (unpaired) electrons. The van der Waals surface area contributed by atoms with Crippen LogP contribution in [0, 0.1) is 25.2 Å². The number of methoxy groups -OCH3 is 2. The van der Waals surface area contributed by atoms with E-state index in [-0.39, 0.29) is 18.1 Å². The van der Waals surface area contributed by atoms with Crippen LogP contribution in [0.4, 0.5) is 11.4 Å². The summed E-state index contributed by atoms with van der Waals surface area (Å²) in [5.74, 6) is -0.894. The quantitative estimate of drug-likeness (QED) is 0.193. The van der Waals surface area contributed by atoms with Gasteiger partial charge in [0.15, 0.2) is 18.1 Å². The molecule has 3 aromatic carbocycles. The Morgan fingerprint density at radius 2 is 1.72 bits per heavy atom. The fourth-order valence-electron chi connectivity index (χ4n) is 3.56. The number of benzene rings is 3. The highest BCUT2D eigenvalue weighted by Crippen LogP contribution is 2.37. The van der Waals surface area contributed by atoms with Crippen molar-refractivity contribution in [3.8, 4) is 17.6 Å². The first-order chi connectivity index (χ1) is 18.6. The van der Waals surface area contributed by atoms with Crippen molar-refractivity contribution in [2.75, 3.05) is 31.5 Å². The van der Waals surface area contributed by atoms with E-state index in [0.29, 0.717) is 38.5 Å². The number of aryl methyl sites for hydroxylation is 2. The molecule has 0 spiro atoms. The molecule has 0 aliphatic carbocycles. The number of nitrogens with one attached hydrogen (secondary N) is 2. The number of amides is 2. The predicted molar refractivity (Wildman–Crippen MR) is 151 cm³/mol. The van der Waals surface area contributed by atoms with Crippen LogP contribution < -0.4 is 20.1 Å². The van der Waals surface area contributed by atoms with E-state index in [4.69, 9.17) is 9.47 Å². The number of ether oxygens (including phenoxy) is 3. The highest BCUT2D eigenvalue weighted by atomic mass is 79.9. The molecule has 0 unspecified atom stereocenters. The maximum absolute atomic E-state index is 12.7. The molecular weight excluding hydrogens is 566 g/mol. The molecule has 0 heterocycles. The summed E-state index contributed by atoms with van der Waals surface area (Å²) in [6, 6.07) is 16.9. The number of esters is 1. The van der Waals surface area contributed by atoms with Gasteiger partial charge in [0.05, 0.1) is 24.3 Å². The standard InChI is InChI=1S/C29H26BrN3O6/c1-17-5-10-24(18(2)11-17)33-26(34)16-39-27-23(30)13-19(14-25(27)37-3)12-21(15-31)28(35)32-22-8-6-20(7-9-22)29(36)38-4/h5-14H,16H2,1-4H3,(H,32,35)(H,33,34)/b21-12-. The first-order valence-electron chi connectivity index (χ1n) is 11.6. The van der Waals surface area contributed by atoms with Gasteiger partial charge in [-0.2, -0.15) is 5.26 Å². The Hall–Kier alpha value is -4.62. The molecule has 0 aliphatic heterocycles. The normalized spacial score (nSPS) is 10.7. The summed E-state index contributed by atoms with van der Waals surface area (Å²) in [4.78, 5) is 36.7. The molecular formula is C29H26BrN3O6. The monoisotopic (exact) mass is 591 g/mol. The summed E-state index contributed by atoms with van der Waals surface area (Å²) in [5, 5.41) is 15.0. The number of halogens is 1. The molecule has 10 heteroatoms. The second kappa shape index (κ2) is 13.3. The second-order valence-corrected chi connectivity index (χ2v) is 9.24. The fourth-order valence-corrected chi connectivity index (χ4v) is 4.14. The summed E-state index contributed by atoms with van der Waals surface area (Å²) >= 11 is 3.42. The van der Waals surface area contributed by atoms with Crippen LogP contribution in [0.1, 0.15) is 27.0 Å². The average Bonchev–Trinajstić information content (AvgIpc) is 2.92. The first kappa shape index (κ1) is 28.9. The van der Waals surface area contributed by atoms with Gasteiger partial charge in [0.25, 0.3) is 11.8 Å². The van der Waals surface area contributed by atoms with Gasteiger partial charge in [-0.15, -0.1) is 0 Å². The van der Waals surface area contributed by atoms with Crippen LogP contribution in [0.15, 0.2) is 64.6 Å². The van der Waals surface area contributed by atoms with E-state index in [2.05, 4.69) is 31.3 Å². The summed E-state index contributed by atoms with van der Waals surface area (Å²) < 4.78 is 16.3. The van der Waals surface area contributed by atoms with Crippen LogP contribution in [0.2, 0.25) is 0 Å². The van der Waals surface area contributed by atoms with Gasteiger partial charge in [-0.3, -0.25) is 9.59 Å². The van der Waals surface area contributed by atoms with E-state index in [1.807, 2.05) is 38.1 Å². The van der Waals surface area contributed by atoms with Crippen LogP contribution >= 0.6 is 15.9 Å². The summed E-state index contributed by atoms with van der Waals surface area (Å²) in [5.41, 5.74) is 3.78. The summed E-state index contributed by atoms with van der Waals surface area (Å²) in [6.07, 6.45) is 1.39. The van der Waals surface area contributed by atoms with Crippen molar-refractivity contribution in [2.24, 2.45) is 0 Å². The van der Waals surface area contributed by atoms with Gasteiger partial charge >= 0.3 is 5.97 Å². The van der Waals surface area contributed by atoms with Crippen molar-refractivity contribution < 1.29 is 28.6 Å². The van der Waals surface area contributed by atoms with Crippen molar-refractivity contribution in [2.45, 2.75) is 13.8 Å². The third-order valence-corrected chi connectivity index (χ3v) is 6.08. The molecule has 0 saturated heterocycles. The van der Waals surface area contributed by atoms with E-state index in [1.165, 1.54) is 44.6 Å². The Labute approximate surface area is 234 Å². The first-order valence-corrected chi connectivity index (χ1v) is 12.4. The van der Waals surface area contributed by atoms with Crippen LogP contribution in [0.25, 0.3) is 6.08 Å². The molecule has 0 saturated carbocycles. The van der Waals surface area contributed by atoms with E-state index in [0.717, 1.165) is 11.1 Å². The maximum Gasteiger partial charge on any atom is 0.337 e. The van der Waals surface area contributed by atoms with E-state index >= 15 is 0 Å². The van der Waals surface area contributed by atoms with Crippen molar-refractivity contribution >= 4 is 51.2 Å². The maximum atomic E-state index is 12.7. The molecule has 0 fully saturated rings. The van der Waals surface area contributed by atoms with Crippen LogP contribution in [0.5, 0.6) is 11.5 Å². The molecule has 39 heavy (non-hydrogen) atoms. The number of hydrogen-bond donors (Lipinski definition) is 2. The van der Waals surface area contributed by atoms with Crippen LogP contribution in [-0.2, 0) is 14.3 Å². The molecule has 0 atom stereocenters. The van der Waals surface area contributed by atoms with Gasteiger partial charge < -0.3 is 24.8 Å². The topological polar surface area (TPSA) is 127 Å². The van der Waals surface area contributed by atoms with Crippen LogP contribution in [0.3, 0.4) is 0 Å². The zero-order valence-electron chi connectivity index (χ0n) is 21.8. The van der Waals surface area contributed by atoms with Gasteiger partial charge in [-0.1, -0.05) is 17.7 Å². The number of carbonyl (C=O) groups excluding carboxylic acids is 3. The lowest BCUT2D eigenvalue weighted by Gasteiger charge is -2.14. The Kier molecular flexibility index (Phi) is 9.84. The number of nitrogens with zero attached hydrogens (tertiary/aromatic N) is 1. The number of hydrogen-bond acceptors (Lipinski definition) is 7. The minimum absolute atomic E-state index is 0.164. The fraction of sp³-hybridized carbons (Fsp3) is 0.172. The number of anilines is 2. The molecule has 0 aromatic heterocycles. The van der Waals surface area contributed by atoms with Gasteiger partial charge in [0.1, 0.15) is 11.6 Å². The lowest BCUT2D eigenvalue weighted by Crippen LogP contribution is -2.21. The molecule has 9 nitrogen and oxygen atoms in total. The van der Waals surface area contributed by atoms with Gasteiger partial charge in [0.2, 0.25) is 0 Å². The lowest BCUT2D eigenvalue weighted by atomic mass is 10.1. The molecule has 0 aliphatic rings.